The largest absolute Gasteiger partial charge is 0.462 e. The molecule has 0 aliphatic heterocycles. The molecule has 458 valence electrons. The fourth-order valence-corrected chi connectivity index (χ4v) is 10.6. The summed E-state index contributed by atoms with van der Waals surface area (Å²) in [7, 11) is 0. The third-order valence-electron chi connectivity index (χ3n) is 15.9. The van der Waals surface area contributed by atoms with Crippen LogP contribution in [0.25, 0.3) is 0 Å². The monoisotopic (exact) mass is 1100 g/mol. The van der Waals surface area contributed by atoms with Gasteiger partial charge in [0, 0.05) is 19.3 Å². The van der Waals surface area contributed by atoms with Crippen molar-refractivity contribution in [2.24, 2.45) is 0 Å². The van der Waals surface area contributed by atoms with E-state index in [1.807, 2.05) is 0 Å². The first-order valence-electron chi connectivity index (χ1n) is 35.0. The first kappa shape index (κ1) is 75.6. The van der Waals surface area contributed by atoms with Crippen LogP contribution in [0.1, 0.15) is 387 Å². The van der Waals surface area contributed by atoms with Crippen LogP contribution in [0, 0.1) is 0 Å². The van der Waals surface area contributed by atoms with Gasteiger partial charge in [-0.05, 0) is 77.0 Å². The lowest BCUT2D eigenvalue weighted by molar-refractivity contribution is -0.167. The van der Waals surface area contributed by atoms with E-state index in [1.54, 1.807) is 0 Å². The Kier molecular flexibility index (Phi) is 65.1. The maximum atomic E-state index is 13.0. The van der Waals surface area contributed by atoms with Gasteiger partial charge in [0.05, 0.1) is 0 Å². The van der Waals surface area contributed by atoms with Crippen molar-refractivity contribution in [2.75, 3.05) is 13.2 Å². The number of esters is 3. The SMILES string of the molecule is CCCCC/C=C\C/C=C\CCCCCCCCCC(=O)OCC(COC(=O)CCCCCCCCCCCCCCCCCCCCCCCC)OC(=O)CCCCCCCCCCC/C=C\CCCCCCCCCC. The zero-order valence-corrected chi connectivity index (χ0v) is 52.7. The Labute approximate surface area is 486 Å². The van der Waals surface area contributed by atoms with Crippen LogP contribution in [0.5, 0.6) is 0 Å². The van der Waals surface area contributed by atoms with E-state index in [4.69, 9.17) is 14.2 Å². The number of hydrogen-bond donors (Lipinski definition) is 0. The summed E-state index contributed by atoms with van der Waals surface area (Å²) in [6.45, 7) is 6.68. The second kappa shape index (κ2) is 67.1. The van der Waals surface area contributed by atoms with Crippen molar-refractivity contribution in [3.63, 3.8) is 0 Å². The molecule has 1 unspecified atom stereocenters. The molecule has 0 aromatic carbocycles. The summed E-state index contributed by atoms with van der Waals surface area (Å²) in [5.74, 6) is -0.852. The number of hydrogen-bond acceptors (Lipinski definition) is 6. The summed E-state index contributed by atoms with van der Waals surface area (Å²) in [5.41, 5.74) is 0. The standard InChI is InChI=1S/C72H134O6/c1-4-7-10-13-16-19-22-25-28-31-33-35-37-38-41-44-47-50-53-56-59-62-65-71(74)77-68-69(67-76-70(73)64-61-58-55-52-49-46-43-40-30-27-24-21-18-15-12-9-6-3)78-72(75)66-63-60-57-54-51-48-45-42-39-36-34-32-29-26-23-20-17-14-11-8-5-2/h18,21,27,30,32,34,69H,4-17,19-20,22-26,28-29,31,33,35-68H2,1-3H3/b21-18-,30-27-,34-32-. The molecule has 0 rings (SSSR count). The molecular weight excluding hydrogens is 961 g/mol. The minimum absolute atomic E-state index is 0.0707. The highest BCUT2D eigenvalue weighted by atomic mass is 16.6. The molecule has 0 aromatic heterocycles. The van der Waals surface area contributed by atoms with Crippen LogP contribution in [-0.2, 0) is 28.6 Å². The van der Waals surface area contributed by atoms with Crippen molar-refractivity contribution in [1.29, 1.82) is 0 Å². The maximum absolute atomic E-state index is 13.0. The van der Waals surface area contributed by atoms with E-state index in [2.05, 4.69) is 57.2 Å². The molecule has 6 heteroatoms. The van der Waals surface area contributed by atoms with Crippen LogP contribution in [0.15, 0.2) is 36.5 Å². The fraction of sp³-hybridized carbons (Fsp3) is 0.875. The number of ether oxygens (including phenoxy) is 3. The lowest BCUT2D eigenvalue weighted by Crippen LogP contribution is -2.30. The minimum atomic E-state index is -0.776. The normalized spacial score (nSPS) is 12.2. The zero-order chi connectivity index (χ0) is 56.4. The molecule has 0 bridgehead atoms. The Morgan fingerprint density at radius 3 is 0.744 bits per heavy atom. The molecule has 0 saturated carbocycles. The Morgan fingerprint density at radius 2 is 0.462 bits per heavy atom. The van der Waals surface area contributed by atoms with E-state index in [9.17, 15) is 14.4 Å². The summed E-state index contributed by atoms with van der Waals surface area (Å²) < 4.78 is 17.0. The predicted molar refractivity (Wildman–Crippen MR) is 339 cm³/mol. The van der Waals surface area contributed by atoms with Gasteiger partial charge in [-0.25, -0.2) is 0 Å². The molecule has 0 saturated heterocycles. The van der Waals surface area contributed by atoms with Crippen molar-refractivity contribution >= 4 is 17.9 Å². The number of carbonyl (C=O) groups excluding carboxylic acids is 3. The average molecular weight is 1100 g/mol. The molecule has 6 nitrogen and oxygen atoms in total. The summed E-state index contributed by atoms with van der Waals surface area (Å²) in [6.07, 6.45) is 83.0. The zero-order valence-electron chi connectivity index (χ0n) is 52.7. The van der Waals surface area contributed by atoms with Crippen LogP contribution in [0.4, 0.5) is 0 Å². The van der Waals surface area contributed by atoms with Gasteiger partial charge in [0.2, 0.25) is 0 Å². The third-order valence-corrected chi connectivity index (χ3v) is 15.9. The number of unbranched alkanes of at least 4 members (excludes halogenated alkanes) is 48. The molecular formula is C72H134O6. The molecule has 1 atom stereocenters. The van der Waals surface area contributed by atoms with Crippen molar-refractivity contribution in [3.8, 4) is 0 Å². The van der Waals surface area contributed by atoms with Crippen molar-refractivity contribution in [1.82, 2.24) is 0 Å². The van der Waals surface area contributed by atoms with E-state index >= 15 is 0 Å². The number of carbonyl (C=O) groups is 3. The highest BCUT2D eigenvalue weighted by Crippen LogP contribution is 2.18. The first-order valence-corrected chi connectivity index (χ1v) is 35.0. The quantitative estimate of drug-likeness (QED) is 0.0261. The molecule has 0 N–H and O–H groups in total. The van der Waals surface area contributed by atoms with E-state index in [0.29, 0.717) is 19.3 Å². The molecule has 0 heterocycles. The first-order chi connectivity index (χ1) is 38.5. The van der Waals surface area contributed by atoms with E-state index < -0.39 is 6.10 Å². The molecule has 0 aliphatic rings. The molecule has 0 fully saturated rings. The van der Waals surface area contributed by atoms with Gasteiger partial charge in [0.1, 0.15) is 13.2 Å². The van der Waals surface area contributed by atoms with Crippen molar-refractivity contribution in [2.45, 2.75) is 393 Å². The van der Waals surface area contributed by atoms with E-state index in [-0.39, 0.29) is 31.1 Å². The smallest absolute Gasteiger partial charge is 0.306 e. The summed E-state index contributed by atoms with van der Waals surface area (Å²) in [5, 5.41) is 0. The van der Waals surface area contributed by atoms with Crippen molar-refractivity contribution in [3.05, 3.63) is 36.5 Å². The van der Waals surface area contributed by atoms with Gasteiger partial charge in [0.25, 0.3) is 0 Å². The average Bonchev–Trinajstić information content (AvgIpc) is 3.44. The van der Waals surface area contributed by atoms with E-state index in [0.717, 1.165) is 70.6 Å². The van der Waals surface area contributed by atoms with E-state index in [1.165, 1.54) is 276 Å². The second-order valence-electron chi connectivity index (χ2n) is 23.8. The fourth-order valence-electron chi connectivity index (χ4n) is 10.6. The molecule has 0 aliphatic carbocycles. The van der Waals surface area contributed by atoms with Gasteiger partial charge in [-0.1, -0.05) is 327 Å². The van der Waals surface area contributed by atoms with Gasteiger partial charge >= 0.3 is 17.9 Å². The Balaban J connectivity index is 4.31. The van der Waals surface area contributed by atoms with Gasteiger partial charge < -0.3 is 14.2 Å². The lowest BCUT2D eigenvalue weighted by Gasteiger charge is -2.18. The lowest BCUT2D eigenvalue weighted by atomic mass is 10.0. The highest BCUT2D eigenvalue weighted by molar-refractivity contribution is 5.71. The molecule has 0 radical (unpaired) electrons. The third kappa shape index (κ3) is 64.5. The van der Waals surface area contributed by atoms with Gasteiger partial charge in [-0.2, -0.15) is 0 Å². The Morgan fingerprint density at radius 1 is 0.256 bits per heavy atom. The van der Waals surface area contributed by atoms with Gasteiger partial charge in [-0.3, -0.25) is 14.4 Å². The molecule has 78 heavy (non-hydrogen) atoms. The summed E-state index contributed by atoms with van der Waals surface area (Å²) in [4.78, 5) is 38.5. The predicted octanol–water partition coefficient (Wildman–Crippen LogP) is 23.9. The minimum Gasteiger partial charge on any atom is -0.462 e. The van der Waals surface area contributed by atoms with Gasteiger partial charge in [-0.15, -0.1) is 0 Å². The Bertz CT molecular complexity index is 1300. The van der Waals surface area contributed by atoms with Gasteiger partial charge in [0.15, 0.2) is 6.10 Å². The number of rotatable bonds is 65. The topological polar surface area (TPSA) is 78.9 Å². The van der Waals surface area contributed by atoms with Crippen LogP contribution in [-0.4, -0.2) is 37.2 Å². The molecule has 0 amide bonds. The van der Waals surface area contributed by atoms with Crippen LogP contribution >= 0.6 is 0 Å². The maximum Gasteiger partial charge on any atom is 0.306 e. The molecule has 0 spiro atoms. The second-order valence-corrected chi connectivity index (χ2v) is 23.8. The summed E-state index contributed by atoms with van der Waals surface area (Å²) in [6, 6.07) is 0. The van der Waals surface area contributed by atoms with Crippen LogP contribution in [0.3, 0.4) is 0 Å². The Hall–Kier alpha value is -2.37. The van der Waals surface area contributed by atoms with Crippen LogP contribution < -0.4 is 0 Å². The summed E-state index contributed by atoms with van der Waals surface area (Å²) >= 11 is 0. The van der Waals surface area contributed by atoms with Crippen LogP contribution in [0.2, 0.25) is 0 Å². The van der Waals surface area contributed by atoms with Crippen molar-refractivity contribution < 1.29 is 28.6 Å². The highest BCUT2D eigenvalue weighted by Gasteiger charge is 2.19. The number of allylic oxidation sites excluding steroid dienone is 6. The molecule has 0 aromatic rings.